The SMILES string of the molecule is CCC(C)(C)C(C)(C)SCCCC(F)(F)C(F)(F)F. The van der Waals surface area contributed by atoms with E-state index in [0.717, 1.165) is 6.42 Å². The van der Waals surface area contributed by atoms with E-state index in [-0.39, 0.29) is 16.6 Å². The van der Waals surface area contributed by atoms with Crippen molar-refractivity contribution >= 4 is 11.8 Å². The molecular weight excluding hydrogens is 283 g/mol. The largest absolute Gasteiger partial charge is 0.453 e. The molecule has 116 valence electrons. The predicted octanol–water partition coefficient (Wildman–Crippen LogP) is 5.91. The highest BCUT2D eigenvalue weighted by Gasteiger charge is 2.56. The summed E-state index contributed by atoms with van der Waals surface area (Å²) >= 11 is 1.46. The third-order valence-corrected chi connectivity index (χ3v) is 5.79. The fourth-order valence-electron chi connectivity index (χ4n) is 1.38. The normalized spacial score (nSPS) is 14.8. The van der Waals surface area contributed by atoms with E-state index in [4.69, 9.17) is 0 Å². The molecule has 0 radical (unpaired) electrons. The Morgan fingerprint density at radius 2 is 1.37 bits per heavy atom. The molecule has 0 N–H and O–H groups in total. The lowest BCUT2D eigenvalue weighted by molar-refractivity contribution is -0.284. The fourth-order valence-corrected chi connectivity index (χ4v) is 2.72. The van der Waals surface area contributed by atoms with Crippen molar-refractivity contribution in [3.05, 3.63) is 0 Å². The van der Waals surface area contributed by atoms with Gasteiger partial charge in [-0.15, -0.1) is 0 Å². The molecule has 0 amide bonds. The van der Waals surface area contributed by atoms with Crippen molar-refractivity contribution < 1.29 is 22.0 Å². The number of rotatable bonds is 7. The molecule has 0 aliphatic heterocycles. The maximum absolute atomic E-state index is 12.7. The first-order valence-electron chi connectivity index (χ1n) is 6.35. The van der Waals surface area contributed by atoms with Crippen molar-refractivity contribution in [1.82, 2.24) is 0 Å². The molecule has 0 saturated carbocycles. The van der Waals surface area contributed by atoms with Gasteiger partial charge in [0.1, 0.15) is 0 Å². The van der Waals surface area contributed by atoms with Gasteiger partial charge in [-0.3, -0.25) is 0 Å². The molecule has 0 rings (SSSR count). The van der Waals surface area contributed by atoms with E-state index < -0.39 is 18.5 Å². The van der Waals surface area contributed by atoms with E-state index in [9.17, 15) is 22.0 Å². The molecule has 0 aromatic rings. The molecular formula is C13H23F5S. The van der Waals surface area contributed by atoms with Crippen molar-refractivity contribution in [2.45, 2.75) is 70.7 Å². The molecule has 0 saturated heterocycles. The Morgan fingerprint density at radius 1 is 0.895 bits per heavy atom. The van der Waals surface area contributed by atoms with E-state index in [1.54, 1.807) is 0 Å². The molecule has 0 atom stereocenters. The van der Waals surface area contributed by atoms with Crippen LogP contribution in [0.1, 0.15) is 53.9 Å². The molecule has 0 aromatic heterocycles. The monoisotopic (exact) mass is 306 g/mol. The van der Waals surface area contributed by atoms with Crippen LogP contribution in [0.4, 0.5) is 22.0 Å². The van der Waals surface area contributed by atoms with E-state index in [1.807, 2.05) is 20.8 Å². The second-order valence-electron chi connectivity index (χ2n) is 5.90. The summed E-state index contributed by atoms with van der Waals surface area (Å²) in [5.74, 6) is -4.26. The van der Waals surface area contributed by atoms with Crippen molar-refractivity contribution in [1.29, 1.82) is 0 Å². The lowest BCUT2D eigenvalue weighted by Gasteiger charge is -2.40. The molecule has 0 bridgehead atoms. The Morgan fingerprint density at radius 3 is 1.74 bits per heavy atom. The number of thioether (sulfide) groups is 1. The van der Waals surface area contributed by atoms with E-state index >= 15 is 0 Å². The summed E-state index contributed by atoms with van der Waals surface area (Å²) in [6.07, 6.45) is -5.78. The Balaban J connectivity index is 4.27. The van der Waals surface area contributed by atoms with Crippen LogP contribution in [0, 0.1) is 5.41 Å². The second-order valence-corrected chi connectivity index (χ2v) is 7.62. The van der Waals surface area contributed by atoms with Crippen molar-refractivity contribution in [3.8, 4) is 0 Å². The standard InChI is InChI=1S/C13H23F5S/c1-6-10(2,3)11(4,5)19-9-7-8-12(14,15)13(16,17)18/h6-9H2,1-5H3. The Hall–Kier alpha value is -0.0000000000000000555. The highest BCUT2D eigenvalue weighted by Crippen LogP contribution is 2.45. The van der Waals surface area contributed by atoms with Gasteiger partial charge in [0.2, 0.25) is 0 Å². The van der Waals surface area contributed by atoms with Crippen molar-refractivity contribution in [3.63, 3.8) is 0 Å². The quantitative estimate of drug-likeness (QED) is 0.416. The molecule has 19 heavy (non-hydrogen) atoms. The zero-order valence-corrected chi connectivity index (χ0v) is 12.9. The van der Waals surface area contributed by atoms with Crippen LogP contribution in [0.2, 0.25) is 0 Å². The maximum atomic E-state index is 12.7. The van der Waals surface area contributed by atoms with Crippen LogP contribution in [0.25, 0.3) is 0 Å². The predicted molar refractivity (Wildman–Crippen MR) is 70.8 cm³/mol. The minimum absolute atomic E-state index is 0.00418. The highest BCUT2D eigenvalue weighted by atomic mass is 32.2. The van der Waals surface area contributed by atoms with Crippen molar-refractivity contribution in [2.24, 2.45) is 5.41 Å². The van der Waals surface area contributed by atoms with Crippen LogP contribution in [-0.2, 0) is 0 Å². The van der Waals surface area contributed by atoms with Crippen LogP contribution >= 0.6 is 11.8 Å². The first kappa shape index (κ1) is 19.0. The van der Waals surface area contributed by atoms with Gasteiger partial charge < -0.3 is 0 Å². The van der Waals surface area contributed by atoms with E-state index in [2.05, 4.69) is 13.8 Å². The number of alkyl halides is 5. The van der Waals surface area contributed by atoms with E-state index in [1.165, 1.54) is 11.8 Å². The van der Waals surface area contributed by atoms with Gasteiger partial charge in [0, 0.05) is 11.2 Å². The average Bonchev–Trinajstić information content (AvgIpc) is 2.22. The third kappa shape index (κ3) is 5.12. The maximum Gasteiger partial charge on any atom is 0.453 e. The Kier molecular flexibility index (Phi) is 6.19. The first-order valence-corrected chi connectivity index (χ1v) is 7.34. The molecule has 0 aromatic carbocycles. The van der Waals surface area contributed by atoms with Crippen LogP contribution in [-0.4, -0.2) is 22.6 Å². The average molecular weight is 306 g/mol. The number of hydrogen-bond donors (Lipinski definition) is 0. The highest BCUT2D eigenvalue weighted by molar-refractivity contribution is 8.00. The topological polar surface area (TPSA) is 0 Å². The van der Waals surface area contributed by atoms with E-state index in [0.29, 0.717) is 5.75 Å². The molecule has 0 nitrogen and oxygen atoms in total. The smallest absolute Gasteiger partial charge is 0.196 e. The molecule has 0 heterocycles. The molecule has 0 fully saturated rings. The van der Waals surface area contributed by atoms with Gasteiger partial charge in [-0.2, -0.15) is 33.7 Å². The molecule has 6 heteroatoms. The molecule has 0 spiro atoms. The van der Waals surface area contributed by atoms with Crippen LogP contribution in [0.3, 0.4) is 0 Å². The summed E-state index contributed by atoms with van der Waals surface area (Å²) < 4.78 is 61.2. The first-order chi connectivity index (χ1) is 8.27. The summed E-state index contributed by atoms with van der Waals surface area (Å²) in [6.45, 7) is 10.2. The Bertz CT molecular complexity index is 281. The molecule has 0 aliphatic rings. The van der Waals surface area contributed by atoms with Crippen LogP contribution in [0.15, 0.2) is 0 Å². The van der Waals surface area contributed by atoms with Gasteiger partial charge in [0.05, 0.1) is 0 Å². The molecule has 0 unspecified atom stereocenters. The van der Waals surface area contributed by atoms with Crippen molar-refractivity contribution in [2.75, 3.05) is 5.75 Å². The molecule has 0 aliphatic carbocycles. The summed E-state index contributed by atoms with van der Waals surface area (Å²) in [6, 6.07) is 0. The van der Waals surface area contributed by atoms with Gasteiger partial charge in [-0.05, 0) is 24.0 Å². The zero-order chi connectivity index (χ0) is 15.5. The lowest BCUT2D eigenvalue weighted by Crippen LogP contribution is -2.37. The number of hydrogen-bond acceptors (Lipinski definition) is 1. The Labute approximate surface area is 116 Å². The third-order valence-electron chi connectivity index (χ3n) is 4.03. The van der Waals surface area contributed by atoms with Gasteiger partial charge in [-0.25, -0.2) is 0 Å². The summed E-state index contributed by atoms with van der Waals surface area (Å²) in [7, 11) is 0. The van der Waals surface area contributed by atoms with Gasteiger partial charge >= 0.3 is 12.1 Å². The summed E-state index contributed by atoms with van der Waals surface area (Å²) in [5, 5.41) is 0. The lowest BCUT2D eigenvalue weighted by atomic mass is 9.78. The van der Waals surface area contributed by atoms with Gasteiger partial charge in [-0.1, -0.05) is 34.6 Å². The van der Waals surface area contributed by atoms with Gasteiger partial charge in [0.25, 0.3) is 0 Å². The summed E-state index contributed by atoms with van der Waals surface area (Å²) in [4.78, 5) is 0. The van der Waals surface area contributed by atoms with Crippen LogP contribution in [0.5, 0.6) is 0 Å². The number of halogens is 5. The fraction of sp³-hybridized carbons (Fsp3) is 1.00. The minimum Gasteiger partial charge on any atom is -0.196 e. The zero-order valence-electron chi connectivity index (χ0n) is 12.1. The summed E-state index contributed by atoms with van der Waals surface area (Å²) in [5.41, 5.74) is 0.00418. The van der Waals surface area contributed by atoms with Crippen LogP contribution < -0.4 is 0 Å². The minimum atomic E-state index is -5.43. The second kappa shape index (κ2) is 6.19. The van der Waals surface area contributed by atoms with Gasteiger partial charge in [0.15, 0.2) is 0 Å².